The number of amides is 1. The number of morpholine rings is 1. The number of piperidine rings is 1. The summed E-state index contributed by atoms with van der Waals surface area (Å²) in [6, 6.07) is 0. The number of hydrogen-bond acceptors (Lipinski definition) is 6. The van der Waals surface area contributed by atoms with Crippen LogP contribution >= 0.6 is 0 Å². The average molecular weight is 398 g/mol. The molecule has 0 spiro atoms. The predicted molar refractivity (Wildman–Crippen MR) is 96.0 cm³/mol. The SMILES string of the molecule is CC(=O)N1CC2CN(S(=O)(=O)N3CCOCC3)CCC2(c2n[nH]c(C)n2)C1. The van der Waals surface area contributed by atoms with Crippen molar-refractivity contribution in [2.24, 2.45) is 5.92 Å². The third-order valence-corrected chi connectivity index (χ3v) is 8.04. The lowest BCUT2D eigenvalue weighted by atomic mass is 9.72. The van der Waals surface area contributed by atoms with Gasteiger partial charge in [-0.25, -0.2) is 4.98 Å². The number of H-pyrrole nitrogens is 1. The van der Waals surface area contributed by atoms with Gasteiger partial charge in [-0.15, -0.1) is 0 Å². The normalized spacial score (nSPS) is 30.4. The maximum atomic E-state index is 13.1. The van der Waals surface area contributed by atoms with E-state index in [1.165, 1.54) is 4.31 Å². The van der Waals surface area contributed by atoms with Gasteiger partial charge in [0.15, 0.2) is 5.82 Å². The quantitative estimate of drug-likeness (QED) is 0.707. The minimum absolute atomic E-state index is 0.00128. The smallest absolute Gasteiger partial charge is 0.282 e. The highest BCUT2D eigenvalue weighted by Gasteiger charge is 2.55. The molecule has 27 heavy (non-hydrogen) atoms. The molecule has 0 aromatic carbocycles. The van der Waals surface area contributed by atoms with Crippen molar-refractivity contribution < 1.29 is 17.9 Å². The van der Waals surface area contributed by atoms with Gasteiger partial charge in [0, 0.05) is 52.1 Å². The molecule has 0 bridgehead atoms. The lowest BCUT2D eigenvalue weighted by Crippen LogP contribution is -2.56. The van der Waals surface area contributed by atoms with E-state index in [9.17, 15) is 13.2 Å². The van der Waals surface area contributed by atoms with Crippen molar-refractivity contribution in [3.63, 3.8) is 0 Å². The number of carbonyl (C=O) groups excluding carboxylic acids is 1. The van der Waals surface area contributed by atoms with Crippen molar-refractivity contribution in [3.8, 4) is 0 Å². The van der Waals surface area contributed by atoms with Gasteiger partial charge in [-0.05, 0) is 13.3 Å². The molecule has 0 saturated carbocycles. The summed E-state index contributed by atoms with van der Waals surface area (Å²) in [7, 11) is -3.53. The molecule has 1 aromatic heterocycles. The number of aromatic nitrogens is 3. The van der Waals surface area contributed by atoms with Crippen molar-refractivity contribution >= 4 is 16.1 Å². The summed E-state index contributed by atoms with van der Waals surface area (Å²) in [5.74, 6) is 1.39. The molecule has 3 aliphatic rings. The molecule has 2 atom stereocenters. The first-order chi connectivity index (χ1) is 12.8. The molecule has 1 N–H and O–H groups in total. The number of likely N-dealkylation sites (tertiary alicyclic amines) is 1. The summed E-state index contributed by atoms with van der Waals surface area (Å²) >= 11 is 0. The number of nitrogens with zero attached hydrogens (tertiary/aromatic N) is 5. The Morgan fingerprint density at radius 2 is 1.96 bits per heavy atom. The topological polar surface area (TPSA) is 112 Å². The number of carbonyl (C=O) groups is 1. The number of aryl methyl sites for hydroxylation is 1. The minimum Gasteiger partial charge on any atom is -0.379 e. The number of fused-ring (bicyclic) bond motifs is 1. The van der Waals surface area contributed by atoms with E-state index in [4.69, 9.17) is 4.74 Å². The molecule has 1 aromatic rings. The highest BCUT2D eigenvalue weighted by atomic mass is 32.2. The molecule has 2 unspecified atom stereocenters. The van der Waals surface area contributed by atoms with Crippen LogP contribution in [0.2, 0.25) is 0 Å². The molecule has 3 saturated heterocycles. The van der Waals surface area contributed by atoms with Crippen molar-refractivity contribution in [1.29, 1.82) is 0 Å². The minimum atomic E-state index is -3.53. The molecule has 3 aliphatic heterocycles. The van der Waals surface area contributed by atoms with E-state index < -0.39 is 15.6 Å². The summed E-state index contributed by atoms with van der Waals surface area (Å²) < 4.78 is 34.5. The van der Waals surface area contributed by atoms with Gasteiger partial charge in [0.1, 0.15) is 5.82 Å². The zero-order chi connectivity index (χ0) is 19.2. The molecular formula is C16H26N6O4S. The van der Waals surface area contributed by atoms with E-state index in [0.717, 1.165) is 5.82 Å². The van der Waals surface area contributed by atoms with E-state index in [-0.39, 0.29) is 11.8 Å². The van der Waals surface area contributed by atoms with Crippen molar-refractivity contribution in [1.82, 2.24) is 28.7 Å². The summed E-state index contributed by atoms with van der Waals surface area (Å²) in [5, 5.41) is 7.27. The van der Waals surface area contributed by atoms with Crippen LogP contribution in [0, 0.1) is 12.8 Å². The number of rotatable bonds is 3. The molecule has 0 aliphatic carbocycles. The zero-order valence-electron chi connectivity index (χ0n) is 15.7. The molecule has 0 radical (unpaired) electrons. The van der Waals surface area contributed by atoms with Crippen LogP contribution in [0.1, 0.15) is 25.0 Å². The van der Waals surface area contributed by atoms with Crippen molar-refractivity contribution in [3.05, 3.63) is 11.6 Å². The lowest BCUT2D eigenvalue weighted by molar-refractivity contribution is -0.128. The molecule has 1 amide bonds. The Morgan fingerprint density at radius 1 is 1.22 bits per heavy atom. The Kier molecular flexibility index (Phi) is 4.73. The van der Waals surface area contributed by atoms with Gasteiger partial charge in [0.25, 0.3) is 10.2 Å². The zero-order valence-corrected chi connectivity index (χ0v) is 16.5. The third kappa shape index (κ3) is 3.16. The summed E-state index contributed by atoms with van der Waals surface area (Å²) in [4.78, 5) is 18.3. The fraction of sp³-hybridized carbons (Fsp3) is 0.812. The number of hydrogen-bond donors (Lipinski definition) is 1. The molecule has 10 nitrogen and oxygen atoms in total. The van der Waals surface area contributed by atoms with Crippen LogP contribution in [0.4, 0.5) is 0 Å². The van der Waals surface area contributed by atoms with Crippen LogP contribution in [0.3, 0.4) is 0 Å². The van der Waals surface area contributed by atoms with E-state index >= 15 is 0 Å². The summed E-state index contributed by atoms with van der Waals surface area (Å²) in [5.41, 5.74) is -0.395. The van der Waals surface area contributed by atoms with Gasteiger partial charge in [-0.2, -0.15) is 22.1 Å². The Hall–Kier alpha value is -1.56. The van der Waals surface area contributed by atoms with E-state index in [1.54, 1.807) is 16.1 Å². The summed E-state index contributed by atoms with van der Waals surface area (Å²) in [6.45, 7) is 6.85. The van der Waals surface area contributed by atoms with Crippen molar-refractivity contribution in [2.45, 2.75) is 25.7 Å². The van der Waals surface area contributed by atoms with Gasteiger partial charge in [0.05, 0.1) is 18.6 Å². The van der Waals surface area contributed by atoms with Gasteiger partial charge in [-0.3, -0.25) is 9.89 Å². The first-order valence-corrected chi connectivity index (χ1v) is 10.7. The Labute approximate surface area is 159 Å². The van der Waals surface area contributed by atoms with Gasteiger partial charge in [-0.1, -0.05) is 0 Å². The third-order valence-electron chi connectivity index (χ3n) is 6.04. The maximum Gasteiger partial charge on any atom is 0.282 e. The van der Waals surface area contributed by atoms with E-state index in [1.807, 2.05) is 6.92 Å². The molecule has 3 fully saturated rings. The van der Waals surface area contributed by atoms with Gasteiger partial charge < -0.3 is 9.64 Å². The standard InChI is InChI=1S/C16H26N6O4S/c1-12-17-15(19-18-12)16-3-4-22(10-14(16)9-20(11-16)13(2)23)27(24,25)21-5-7-26-8-6-21/h14H,3-11H2,1-2H3,(H,17,18,19). The van der Waals surface area contributed by atoms with Crippen LogP contribution in [0.5, 0.6) is 0 Å². The van der Waals surface area contributed by atoms with Crippen LogP contribution in [-0.4, -0.2) is 95.5 Å². The second-order valence-corrected chi connectivity index (χ2v) is 9.55. The van der Waals surface area contributed by atoms with Crippen LogP contribution in [-0.2, 0) is 25.2 Å². The fourth-order valence-electron chi connectivity index (χ4n) is 4.47. The van der Waals surface area contributed by atoms with Crippen molar-refractivity contribution in [2.75, 3.05) is 52.5 Å². The second kappa shape index (κ2) is 6.80. The monoisotopic (exact) mass is 398 g/mol. The average Bonchev–Trinajstić information content (AvgIpc) is 3.26. The lowest BCUT2D eigenvalue weighted by Gasteiger charge is -2.42. The van der Waals surface area contributed by atoms with Crippen LogP contribution in [0.25, 0.3) is 0 Å². The first kappa shape index (κ1) is 18.8. The Balaban J connectivity index is 1.61. The summed E-state index contributed by atoms with van der Waals surface area (Å²) in [6.07, 6.45) is 0.600. The molecule has 150 valence electrons. The highest BCUT2D eigenvalue weighted by Crippen LogP contribution is 2.44. The molecule has 11 heteroatoms. The first-order valence-electron chi connectivity index (χ1n) is 9.31. The predicted octanol–water partition coefficient (Wildman–Crippen LogP) is -0.888. The van der Waals surface area contributed by atoms with Gasteiger partial charge >= 0.3 is 0 Å². The van der Waals surface area contributed by atoms with Crippen LogP contribution in [0.15, 0.2) is 0 Å². The highest BCUT2D eigenvalue weighted by molar-refractivity contribution is 7.86. The Bertz CT molecular complexity index is 821. The number of ether oxygens (including phenoxy) is 1. The number of aromatic amines is 1. The maximum absolute atomic E-state index is 13.1. The van der Waals surface area contributed by atoms with E-state index in [2.05, 4.69) is 15.2 Å². The van der Waals surface area contributed by atoms with E-state index in [0.29, 0.717) is 64.7 Å². The molecule has 4 rings (SSSR count). The second-order valence-electron chi connectivity index (χ2n) is 7.62. The number of nitrogens with one attached hydrogen (secondary N) is 1. The van der Waals surface area contributed by atoms with Gasteiger partial charge in [0.2, 0.25) is 5.91 Å². The molecule has 4 heterocycles. The van der Waals surface area contributed by atoms with Crippen LogP contribution < -0.4 is 0 Å². The fourth-order valence-corrected chi connectivity index (χ4v) is 6.10. The molecular weight excluding hydrogens is 372 g/mol. The Morgan fingerprint density at radius 3 is 2.59 bits per heavy atom. The largest absolute Gasteiger partial charge is 0.379 e.